The van der Waals surface area contributed by atoms with Crippen molar-refractivity contribution in [3.8, 4) is 0 Å². The van der Waals surface area contributed by atoms with E-state index in [1.807, 2.05) is 0 Å². The summed E-state index contributed by atoms with van der Waals surface area (Å²) in [6.45, 7) is 4.53. The van der Waals surface area contributed by atoms with Gasteiger partial charge in [0.25, 0.3) is 0 Å². The Balaban J connectivity index is 1.29. The topological polar surface area (TPSA) is 47.6 Å². The number of nitrogens with zero attached hydrogens (tertiary/aromatic N) is 2. The van der Waals surface area contributed by atoms with Crippen molar-refractivity contribution in [3.05, 3.63) is 0 Å². The van der Waals surface area contributed by atoms with E-state index in [1.54, 1.807) is 0 Å². The van der Waals surface area contributed by atoms with Crippen LogP contribution in [0, 0.1) is 11.8 Å². The summed E-state index contributed by atoms with van der Waals surface area (Å²) in [6, 6.07) is 1.49. The summed E-state index contributed by atoms with van der Waals surface area (Å²) in [6.07, 6.45) is 7.33. The molecular weight excluding hydrogens is 355 g/mol. The van der Waals surface area contributed by atoms with Gasteiger partial charge in [0.1, 0.15) is 6.17 Å². The van der Waals surface area contributed by atoms with E-state index >= 15 is 0 Å². The molecule has 0 bridgehead atoms. The molecule has 2 heterocycles. The molecule has 2 saturated carbocycles. The summed E-state index contributed by atoms with van der Waals surface area (Å²) in [7, 11) is 4.35. The average Bonchev–Trinajstić information content (AvgIpc) is 3.33. The number of fused-ring (bicyclic) bond motifs is 1. The van der Waals surface area contributed by atoms with E-state index < -0.39 is 6.17 Å². The van der Waals surface area contributed by atoms with Gasteiger partial charge in [0.15, 0.2) is 0 Å². The predicted octanol–water partition coefficient (Wildman–Crippen LogP) is 2.16. The zero-order chi connectivity index (χ0) is 19.8. The number of hydrogen-bond acceptors (Lipinski definition) is 4. The van der Waals surface area contributed by atoms with E-state index in [4.69, 9.17) is 0 Å². The second-order valence-corrected chi connectivity index (χ2v) is 10.1. The maximum Gasteiger partial charge on any atom is 0.237 e. The molecule has 1 amide bonds. The SMILES string of the molecule is CC1CCC(F)C2CC(C(=O)N[C@@H]3CCC[C@H](N4CC[C@H](N(C)C)C4)C3)NC12. The van der Waals surface area contributed by atoms with Crippen LogP contribution in [0.1, 0.15) is 58.3 Å². The summed E-state index contributed by atoms with van der Waals surface area (Å²) >= 11 is 0. The molecule has 0 radical (unpaired) electrons. The number of nitrogens with one attached hydrogen (secondary N) is 2. The number of likely N-dealkylation sites (tertiary alicyclic amines) is 1. The standard InChI is InChI=1S/C22H39FN4O/c1-14-7-8-19(23)18-12-20(25-21(14)18)22(28)24-15-5-4-6-16(11-15)27-10-9-17(13-27)26(2)3/h14-21,25H,4-13H2,1-3H3,(H,24,28)/t14?,15-,16+,17+,18?,19?,20?,21?/m1/s1. The van der Waals surface area contributed by atoms with E-state index in [2.05, 4.69) is 41.5 Å². The smallest absolute Gasteiger partial charge is 0.237 e. The van der Waals surface area contributed by atoms with Gasteiger partial charge in [-0.05, 0) is 71.4 Å². The Morgan fingerprint density at radius 1 is 1.14 bits per heavy atom. The maximum atomic E-state index is 14.3. The fourth-order valence-corrected chi connectivity index (χ4v) is 6.25. The Hall–Kier alpha value is -0.720. The molecule has 2 saturated heterocycles. The normalized spacial score (nSPS) is 44.6. The molecule has 4 rings (SSSR count). The second-order valence-electron chi connectivity index (χ2n) is 10.1. The summed E-state index contributed by atoms with van der Waals surface area (Å²) in [5, 5.41) is 6.81. The lowest BCUT2D eigenvalue weighted by atomic mass is 9.77. The Bertz CT molecular complexity index is 541. The minimum atomic E-state index is -0.745. The van der Waals surface area contributed by atoms with Crippen LogP contribution >= 0.6 is 0 Å². The Morgan fingerprint density at radius 2 is 1.96 bits per heavy atom. The van der Waals surface area contributed by atoms with Gasteiger partial charge in [-0.25, -0.2) is 4.39 Å². The lowest BCUT2D eigenvalue weighted by Crippen LogP contribution is -2.51. The Kier molecular flexibility index (Phi) is 6.29. The van der Waals surface area contributed by atoms with E-state index in [1.165, 1.54) is 25.8 Å². The monoisotopic (exact) mass is 394 g/mol. The summed E-state index contributed by atoms with van der Waals surface area (Å²) in [4.78, 5) is 17.9. The van der Waals surface area contributed by atoms with Crippen molar-refractivity contribution >= 4 is 5.91 Å². The fourth-order valence-electron chi connectivity index (χ4n) is 6.25. The van der Waals surface area contributed by atoms with Gasteiger partial charge in [0.05, 0.1) is 6.04 Å². The molecule has 4 aliphatic rings. The minimum Gasteiger partial charge on any atom is -0.352 e. The molecular formula is C22H39FN4O. The maximum absolute atomic E-state index is 14.3. The van der Waals surface area contributed by atoms with Crippen LogP contribution in [-0.2, 0) is 4.79 Å². The molecule has 0 spiro atoms. The van der Waals surface area contributed by atoms with Gasteiger partial charge >= 0.3 is 0 Å². The number of halogens is 1. The lowest BCUT2D eigenvalue weighted by molar-refractivity contribution is -0.124. The van der Waals surface area contributed by atoms with Crippen LogP contribution < -0.4 is 10.6 Å². The fraction of sp³-hybridized carbons (Fsp3) is 0.955. The van der Waals surface area contributed by atoms with Crippen LogP contribution in [0.5, 0.6) is 0 Å². The molecule has 5 nitrogen and oxygen atoms in total. The highest BCUT2D eigenvalue weighted by Crippen LogP contribution is 2.38. The number of alkyl halides is 1. The quantitative estimate of drug-likeness (QED) is 0.767. The van der Waals surface area contributed by atoms with Gasteiger partial charge < -0.3 is 15.5 Å². The Labute approximate surface area is 169 Å². The molecule has 0 aromatic carbocycles. The first-order valence-electron chi connectivity index (χ1n) is 11.5. The minimum absolute atomic E-state index is 0.0196. The van der Waals surface area contributed by atoms with Crippen molar-refractivity contribution in [2.75, 3.05) is 27.2 Å². The molecule has 28 heavy (non-hydrogen) atoms. The van der Waals surface area contributed by atoms with Gasteiger partial charge in [-0.2, -0.15) is 0 Å². The third-order valence-electron chi connectivity index (χ3n) is 8.09. The second kappa shape index (κ2) is 8.57. The number of hydrogen-bond donors (Lipinski definition) is 2. The lowest BCUT2D eigenvalue weighted by Gasteiger charge is -2.36. The molecule has 8 atom stereocenters. The first-order chi connectivity index (χ1) is 13.4. The number of carbonyl (C=O) groups is 1. The highest BCUT2D eigenvalue weighted by molar-refractivity contribution is 5.82. The van der Waals surface area contributed by atoms with Crippen molar-refractivity contribution in [2.24, 2.45) is 11.8 Å². The highest BCUT2D eigenvalue weighted by Gasteiger charge is 2.46. The van der Waals surface area contributed by atoms with Crippen LogP contribution in [0.3, 0.4) is 0 Å². The average molecular weight is 395 g/mol. The molecule has 4 fully saturated rings. The van der Waals surface area contributed by atoms with Gasteiger partial charge in [-0.3, -0.25) is 9.69 Å². The van der Waals surface area contributed by atoms with Gasteiger partial charge in [-0.1, -0.05) is 6.92 Å². The van der Waals surface area contributed by atoms with Crippen molar-refractivity contribution < 1.29 is 9.18 Å². The van der Waals surface area contributed by atoms with Gasteiger partial charge in [0, 0.05) is 43.2 Å². The molecule has 0 aromatic heterocycles. The van der Waals surface area contributed by atoms with Crippen molar-refractivity contribution in [1.29, 1.82) is 0 Å². The predicted molar refractivity (Wildman–Crippen MR) is 110 cm³/mol. The Morgan fingerprint density at radius 3 is 2.68 bits per heavy atom. The van der Waals surface area contributed by atoms with Crippen molar-refractivity contribution in [2.45, 2.75) is 94.7 Å². The number of likely N-dealkylation sites (N-methyl/N-ethyl adjacent to an activating group) is 1. The summed E-state index contributed by atoms with van der Waals surface area (Å²) in [5.74, 6) is 0.590. The van der Waals surface area contributed by atoms with Crippen LogP contribution in [0.25, 0.3) is 0 Å². The highest BCUT2D eigenvalue weighted by atomic mass is 19.1. The molecule has 0 aromatic rings. The number of carbonyl (C=O) groups excluding carboxylic acids is 1. The number of rotatable bonds is 4. The third kappa shape index (κ3) is 4.24. The molecule has 2 aliphatic carbocycles. The molecule has 2 aliphatic heterocycles. The van der Waals surface area contributed by atoms with Crippen LogP contribution in [0.15, 0.2) is 0 Å². The first-order valence-corrected chi connectivity index (χ1v) is 11.5. The van der Waals surface area contributed by atoms with Crippen molar-refractivity contribution in [1.82, 2.24) is 20.4 Å². The summed E-state index contributed by atoms with van der Waals surface area (Å²) < 4.78 is 14.3. The zero-order valence-corrected chi connectivity index (χ0v) is 17.9. The molecule has 160 valence electrons. The first kappa shape index (κ1) is 20.5. The molecule has 5 unspecified atom stereocenters. The van der Waals surface area contributed by atoms with Gasteiger partial charge in [0.2, 0.25) is 5.91 Å². The molecule has 2 N–H and O–H groups in total. The van der Waals surface area contributed by atoms with E-state index in [9.17, 15) is 9.18 Å². The van der Waals surface area contributed by atoms with Crippen molar-refractivity contribution in [3.63, 3.8) is 0 Å². The summed E-state index contributed by atoms with van der Waals surface area (Å²) in [5.41, 5.74) is 0. The van der Waals surface area contributed by atoms with Crippen LogP contribution in [0.2, 0.25) is 0 Å². The van der Waals surface area contributed by atoms with Gasteiger partial charge in [-0.15, -0.1) is 0 Å². The molecule has 6 heteroatoms. The van der Waals surface area contributed by atoms with E-state index in [0.29, 0.717) is 30.8 Å². The van der Waals surface area contributed by atoms with Crippen LogP contribution in [0.4, 0.5) is 4.39 Å². The third-order valence-corrected chi connectivity index (χ3v) is 8.09. The number of amides is 1. The van der Waals surface area contributed by atoms with E-state index in [-0.39, 0.29) is 30.0 Å². The van der Waals surface area contributed by atoms with Crippen LogP contribution in [-0.4, -0.2) is 79.3 Å². The largest absolute Gasteiger partial charge is 0.352 e. The van der Waals surface area contributed by atoms with E-state index in [0.717, 1.165) is 25.8 Å². The zero-order valence-electron chi connectivity index (χ0n) is 17.9.